The molecular weight excluding hydrogens is 138 g/mol. The maximum Gasteiger partial charge on any atom is 0.166 e. The van der Waals surface area contributed by atoms with Gasteiger partial charge in [0.1, 0.15) is 6.04 Å². The SMILES string of the molecule is CC1=NC1C(=O)C1CCCC1. The summed E-state index contributed by atoms with van der Waals surface area (Å²) < 4.78 is 0. The van der Waals surface area contributed by atoms with Gasteiger partial charge in [-0.2, -0.15) is 0 Å². The summed E-state index contributed by atoms with van der Waals surface area (Å²) in [5, 5.41) is 0. The molecule has 0 N–H and O–H groups in total. The second-order valence-corrected chi connectivity index (χ2v) is 3.56. The zero-order chi connectivity index (χ0) is 7.84. The van der Waals surface area contributed by atoms with Crippen LogP contribution in [-0.2, 0) is 4.79 Å². The molecule has 2 rings (SSSR count). The molecule has 0 spiro atoms. The van der Waals surface area contributed by atoms with Crippen LogP contribution < -0.4 is 0 Å². The average Bonchev–Trinajstić information content (AvgIpc) is 2.56. The number of hydrogen-bond donors (Lipinski definition) is 0. The van der Waals surface area contributed by atoms with Crippen molar-refractivity contribution >= 4 is 11.5 Å². The molecular formula is C9H13NO. The minimum Gasteiger partial charge on any atom is -0.297 e. The van der Waals surface area contributed by atoms with Gasteiger partial charge >= 0.3 is 0 Å². The first kappa shape index (κ1) is 7.01. The highest BCUT2D eigenvalue weighted by Gasteiger charge is 2.36. The Bertz CT molecular complexity index is 214. The normalized spacial score (nSPS) is 30.3. The van der Waals surface area contributed by atoms with Crippen molar-refractivity contribution in [3.05, 3.63) is 0 Å². The molecule has 2 heteroatoms. The van der Waals surface area contributed by atoms with E-state index in [0.717, 1.165) is 18.6 Å². The molecule has 60 valence electrons. The van der Waals surface area contributed by atoms with Gasteiger partial charge in [-0.25, -0.2) is 0 Å². The maximum atomic E-state index is 11.5. The van der Waals surface area contributed by atoms with Gasteiger partial charge in [-0.05, 0) is 19.8 Å². The fourth-order valence-electron chi connectivity index (χ4n) is 1.87. The number of Topliss-reactive ketones (excluding diaryl/α,β-unsaturated/α-hetero) is 1. The molecule has 1 fully saturated rings. The van der Waals surface area contributed by atoms with Crippen molar-refractivity contribution in [2.75, 3.05) is 0 Å². The van der Waals surface area contributed by atoms with E-state index in [1.54, 1.807) is 0 Å². The molecule has 0 aromatic carbocycles. The zero-order valence-corrected chi connectivity index (χ0v) is 6.84. The summed E-state index contributed by atoms with van der Waals surface area (Å²) in [6.45, 7) is 1.94. The van der Waals surface area contributed by atoms with E-state index in [2.05, 4.69) is 4.99 Å². The van der Waals surface area contributed by atoms with Gasteiger partial charge in [-0.15, -0.1) is 0 Å². The number of aliphatic imine (C=N–C) groups is 1. The van der Waals surface area contributed by atoms with Crippen LogP contribution in [0, 0.1) is 5.92 Å². The molecule has 0 aromatic rings. The average molecular weight is 151 g/mol. The van der Waals surface area contributed by atoms with Crippen LogP contribution in [0.3, 0.4) is 0 Å². The molecule has 0 aromatic heterocycles. The third-order valence-electron chi connectivity index (χ3n) is 2.69. The van der Waals surface area contributed by atoms with Crippen LogP contribution >= 0.6 is 0 Å². The van der Waals surface area contributed by atoms with Crippen LogP contribution in [0.4, 0.5) is 0 Å². The van der Waals surface area contributed by atoms with Crippen molar-refractivity contribution in [2.45, 2.75) is 38.6 Å². The van der Waals surface area contributed by atoms with Crippen LogP contribution in [0.25, 0.3) is 0 Å². The van der Waals surface area contributed by atoms with Crippen LogP contribution in [0.15, 0.2) is 4.99 Å². The van der Waals surface area contributed by atoms with E-state index in [9.17, 15) is 4.79 Å². The summed E-state index contributed by atoms with van der Waals surface area (Å²) >= 11 is 0. The molecule has 1 saturated carbocycles. The Balaban J connectivity index is 1.90. The first-order chi connectivity index (χ1) is 5.29. The minimum absolute atomic E-state index is 0.0121. The number of nitrogens with zero attached hydrogens (tertiary/aromatic N) is 1. The summed E-state index contributed by atoms with van der Waals surface area (Å²) in [5.41, 5.74) is 1.04. The Morgan fingerprint density at radius 3 is 2.45 bits per heavy atom. The van der Waals surface area contributed by atoms with Crippen molar-refractivity contribution < 1.29 is 4.79 Å². The predicted molar refractivity (Wildman–Crippen MR) is 43.9 cm³/mol. The first-order valence-corrected chi connectivity index (χ1v) is 4.37. The fraction of sp³-hybridized carbons (Fsp3) is 0.778. The fourth-order valence-corrected chi connectivity index (χ4v) is 1.87. The standard InChI is InChI=1S/C9H13NO/c1-6-8(10-6)9(11)7-4-2-3-5-7/h7-8H,2-5H2,1H3. The quantitative estimate of drug-likeness (QED) is 0.589. The highest BCUT2D eigenvalue weighted by molar-refractivity contribution is 6.17. The van der Waals surface area contributed by atoms with Crippen molar-refractivity contribution in [1.29, 1.82) is 0 Å². The van der Waals surface area contributed by atoms with E-state index in [4.69, 9.17) is 0 Å². The van der Waals surface area contributed by atoms with Crippen molar-refractivity contribution in [1.82, 2.24) is 0 Å². The van der Waals surface area contributed by atoms with Crippen molar-refractivity contribution in [2.24, 2.45) is 10.9 Å². The minimum atomic E-state index is 0.0121. The maximum absolute atomic E-state index is 11.5. The van der Waals surface area contributed by atoms with Crippen molar-refractivity contribution in [3.8, 4) is 0 Å². The van der Waals surface area contributed by atoms with Crippen molar-refractivity contribution in [3.63, 3.8) is 0 Å². The van der Waals surface area contributed by atoms with Gasteiger partial charge in [-0.3, -0.25) is 9.79 Å². The van der Waals surface area contributed by atoms with Gasteiger partial charge in [0.25, 0.3) is 0 Å². The lowest BCUT2D eigenvalue weighted by Crippen LogP contribution is -2.19. The summed E-state index contributed by atoms with van der Waals surface area (Å²) in [6.07, 6.45) is 4.70. The lowest BCUT2D eigenvalue weighted by Gasteiger charge is -2.04. The highest BCUT2D eigenvalue weighted by Crippen LogP contribution is 2.29. The number of ketones is 1. The molecule has 0 radical (unpaired) electrons. The second kappa shape index (κ2) is 2.43. The van der Waals surface area contributed by atoms with Gasteiger partial charge in [0.2, 0.25) is 0 Å². The van der Waals surface area contributed by atoms with Gasteiger partial charge in [0, 0.05) is 11.6 Å². The predicted octanol–water partition coefficient (Wildman–Crippen LogP) is 1.59. The summed E-state index contributed by atoms with van der Waals surface area (Å²) in [7, 11) is 0. The zero-order valence-electron chi connectivity index (χ0n) is 6.84. The summed E-state index contributed by atoms with van der Waals surface area (Å²) in [6, 6.07) is 0.0121. The van der Waals surface area contributed by atoms with Crippen LogP contribution in [0.2, 0.25) is 0 Å². The lowest BCUT2D eigenvalue weighted by molar-refractivity contribution is -0.121. The van der Waals surface area contributed by atoms with E-state index in [1.807, 2.05) is 6.92 Å². The van der Waals surface area contributed by atoms with Crippen LogP contribution in [0.5, 0.6) is 0 Å². The molecule has 1 heterocycles. The Morgan fingerprint density at radius 1 is 1.45 bits per heavy atom. The molecule has 11 heavy (non-hydrogen) atoms. The van der Waals surface area contributed by atoms with E-state index >= 15 is 0 Å². The van der Waals surface area contributed by atoms with E-state index < -0.39 is 0 Å². The summed E-state index contributed by atoms with van der Waals surface area (Å²) in [4.78, 5) is 15.6. The second-order valence-electron chi connectivity index (χ2n) is 3.56. The first-order valence-electron chi connectivity index (χ1n) is 4.37. The number of carbonyl (C=O) groups excluding carboxylic acids is 1. The number of rotatable bonds is 2. The molecule has 2 nitrogen and oxygen atoms in total. The number of hydrogen-bond acceptors (Lipinski definition) is 2. The van der Waals surface area contributed by atoms with E-state index in [-0.39, 0.29) is 6.04 Å². The van der Waals surface area contributed by atoms with Crippen LogP contribution in [0.1, 0.15) is 32.6 Å². The van der Waals surface area contributed by atoms with Gasteiger partial charge < -0.3 is 0 Å². The van der Waals surface area contributed by atoms with Gasteiger partial charge in [0.15, 0.2) is 5.78 Å². The van der Waals surface area contributed by atoms with E-state index in [1.165, 1.54) is 12.8 Å². The molecule has 1 aliphatic heterocycles. The molecule has 2 aliphatic rings. The largest absolute Gasteiger partial charge is 0.297 e. The summed E-state index contributed by atoms with van der Waals surface area (Å²) in [5.74, 6) is 0.737. The molecule has 1 aliphatic carbocycles. The molecule has 1 atom stereocenters. The topological polar surface area (TPSA) is 29.4 Å². The molecule has 1 unspecified atom stereocenters. The Hall–Kier alpha value is -0.660. The number of carbonyl (C=O) groups is 1. The highest BCUT2D eigenvalue weighted by atomic mass is 16.1. The third kappa shape index (κ3) is 1.22. The molecule has 0 saturated heterocycles. The van der Waals surface area contributed by atoms with Crippen LogP contribution in [-0.4, -0.2) is 17.5 Å². The Labute approximate surface area is 66.7 Å². The molecule has 0 bridgehead atoms. The Kier molecular flexibility index (Phi) is 1.55. The molecule has 0 amide bonds. The lowest BCUT2D eigenvalue weighted by atomic mass is 9.98. The van der Waals surface area contributed by atoms with E-state index in [0.29, 0.717) is 11.7 Å². The Morgan fingerprint density at radius 2 is 2.00 bits per heavy atom. The van der Waals surface area contributed by atoms with Gasteiger partial charge in [-0.1, -0.05) is 12.8 Å². The van der Waals surface area contributed by atoms with Gasteiger partial charge in [0.05, 0.1) is 0 Å². The monoisotopic (exact) mass is 151 g/mol. The third-order valence-corrected chi connectivity index (χ3v) is 2.69. The smallest absolute Gasteiger partial charge is 0.166 e.